The molecule has 0 atom stereocenters. The van der Waals surface area contributed by atoms with Crippen molar-refractivity contribution in [2.24, 2.45) is 0 Å². The molecule has 0 bridgehead atoms. The third-order valence-corrected chi connectivity index (χ3v) is 3.99. The van der Waals surface area contributed by atoms with E-state index in [1.54, 1.807) is 5.32 Å². The Balaban J connectivity index is 2.05. The molecule has 2 aromatic carbocycles. The largest absolute Gasteiger partial charge is 0.405 e. The molecule has 0 unspecified atom stereocenters. The fourth-order valence-electron chi connectivity index (χ4n) is 2.23. The number of carbonyl (C=O) groups excluding carboxylic acids is 2. The molecule has 0 heterocycles. The van der Waals surface area contributed by atoms with E-state index in [0.717, 1.165) is 18.2 Å². The highest BCUT2D eigenvalue weighted by molar-refractivity contribution is 6.31. The number of anilines is 2. The highest BCUT2D eigenvalue weighted by Gasteiger charge is 2.28. The zero-order valence-corrected chi connectivity index (χ0v) is 15.6. The molecular weight excluding hydrogens is 421 g/mol. The van der Waals surface area contributed by atoms with Gasteiger partial charge in [-0.2, -0.15) is 13.2 Å². The number of nitrogens with one attached hydrogen (secondary N) is 3. The van der Waals surface area contributed by atoms with Crippen molar-refractivity contribution in [1.82, 2.24) is 5.32 Å². The van der Waals surface area contributed by atoms with Crippen molar-refractivity contribution in [2.45, 2.75) is 13.1 Å². The molecule has 0 aliphatic rings. The topological polar surface area (TPSA) is 70.2 Å². The van der Waals surface area contributed by atoms with E-state index >= 15 is 0 Å². The fourth-order valence-corrected chi connectivity index (χ4v) is 2.41. The van der Waals surface area contributed by atoms with Gasteiger partial charge in [-0.05, 0) is 37.3 Å². The van der Waals surface area contributed by atoms with Crippen LogP contribution in [0.15, 0.2) is 30.3 Å². The van der Waals surface area contributed by atoms with Crippen molar-refractivity contribution < 1.29 is 31.5 Å². The summed E-state index contributed by atoms with van der Waals surface area (Å²) >= 11 is 5.62. The van der Waals surface area contributed by atoms with Crippen LogP contribution in [0.3, 0.4) is 0 Å². The second kappa shape index (κ2) is 9.08. The first-order valence-corrected chi connectivity index (χ1v) is 8.48. The van der Waals surface area contributed by atoms with Gasteiger partial charge in [0, 0.05) is 22.5 Å². The van der Waals surface area contributed by atoms with Crippen molar-refractivity contribution in [2.75, 3.05) is 23.7 Å². The Kier molecular flexibility index (Phi) is 7.02. The number of hydrogen-bond acceptors (Lipinski definition) is 3. The number of benzene rings is 2. The molecule has 0 aliphatic heterocycles. The predicted molar refractivity (Wildman–Crippen MR) is 98.1 cm³/mol. The van der Waals surface area contributed by atoms with E-state index in [-0.39, 0.29) is 34.1 Å². The first kappa shape index (κ1) is 22.4. The first-order valence-electron chi connectivity index (χ1n) is 8.10. The molecule has 5 nitrogen and oxygen atoms in total. The van der Waals surface area contributed by atoms with E-state index in [0.29, 0.717) is 0 Å². The lowest BCUT2D eigenvalue weighted by Gasteiger charge is -2.14. The Morgan fingerprint density at radius 1 is 1.07 bits per heavy atom. The molecule has 0 radical (unpaired) electrons. The van der Waals surface area contributed by atoms with E-state index in [1.165, 1.54) is 19.1 Å². The van der Waals surface area contributed by atoms with Gasteiger partial charge >= 0.3 is 6.18 Å². The third kappa shape index (κ3) is 6.60. The van der Waals surface area contributed by atoms with Crippen molar-refractivity contribution in [1.29, 1.82) is 0 Å². The van der Waals surface area contributed by atoms with Gasteiger partial charge in [0.05, 0.1) is 11.6 Å². The molecule has 0 spiro atoms. The average molecular weight is 436 g/mol. The molecule has 0 aliphatic carbocycles. The van der Waals surface area contributed by atoms with Gasteiger partial charge in [-0.15, -0.1) is 0 Å². The maximum Gasteiger partial charge on any atom is 0.405 e. The maximum atomic E-state index is 14.0. The van der Waals surface area contributed by atoms with E-state index in [2.05, 4.69) is 10.6 Å². The second-order valence-corrected chi connectivity index (χ2v) is 6.37. The second-order valence-electron chi connectivity index (χ2n) is 5.96. The lowest BCUT2D eigenvalue weighted by Crippen LogP contribution is -2.33. The minimum absolute atomic E-state index is 0.0504. The molecule has 3 N–H and O–H groups in total. The zero-order valence-electron chi connectivity index (χ0n) is 14.9. The zero-order chi connectivity index (χ0) is 21.8. The number of amides is 2. The monoisotopic (exact) mass is 435 g/mol. The Morgan fingerprint density at radius 3 is 2.38 bits per heavy atom. The lowest BCUT2D eigenvalue weighted by atomic mass is 10.1. The van der Waals surface area contributed by atoms with E-state index in [9.17, 15) is 31.5 Å². The first-order chi connectivity index (χ1) is 13.5. The average Bonchev–Trinajstić information content (AvgIpc) is 2.63. The van der Waals surface area contributed by atoms with E-state index < -0.39 is 36.2 Å². The minimum Gasteiger partial charge on any atom is -0.376 e. The van der Waals surface area contributed by atoms with Gasteiger partial charge in [0.15, 0.2) is 0 Å². The number of rotatable bonds is 6. The van der Waals surface area contributed by atoms with Crippen LogP contribution in [0, 0.1) is 18.6 Å². The Morgan fingerprint density at radius 2 is 1.76 bits per heavy atom. The van der Waals surface area contributed by atoms with Gasteiger partial charge in [-0.3, -0.25) is 9.59 Å². The number of carbonyl (C=O) groups is 2. The highest BCUT2D eigenvalue weighted by Crippen LogP contribution is 2.22. The quantitative estimate of drug-likeness (QED) is 0.593. The van der Waals surface area contributed by atoms with Crippen LogP contribution >= 0.6 is 11.6 Å². The summed E-state index contributed by atoms with van der Waals surface area (Å²) in [6.45, 7) is -0.553. The Hall–Kier alpha value is -2.88. The molecule has 11 heteroatoms. The molecular formula is C18H15ClF5N3O2. The van der Waals surface area contributed by atoms with Crippen molar-refractivity contribution in [3.63, 3.8) is 0 Å². The summed E-state index contributed by atoms with van der Waals surface area (Å²) in [4.78, 5) is 23.8. The summed E-state index contributed by atoms with van der Waals surface area (Å²) in [5.41, 5.74) is 0.00130. The highest BCUT2D eigenvalue weighted by atomic mass is 35.5. The SMILES string of the molecule is Cc1c(F)cc(C(=O)NCC(F)(F)F)cc1NCC(=O)Nc1ccc(F)c(Cl)c1. The summed E-state index contributed by atoms with van der Waals surface area (Å²) in [5, 5.41) is 6.49. The normalized spacial score (nSPS) is 11.1. The van der Waals surface area contributed by atoms with Crippen LogP contribution in [0.1, 0.15) is 15.9 Å². The molecule has 0 aromatic heterocycles. The van der Waals surface area contributed by atoms with Crippen molar-refractivity contribution in [3.05, 3.63) is 58.1 Å². The Bertz CT molecular complexity index is 934. The summed E-state index contributed by atoms with van der Waals surface area (Å²) in [5.74, 6) is -3.19. The van der Waals surface area contributed by atoms with Crippen LogP contribution in [0.2, 0.25) is 5.02 Å². The van der Waals surface area contributed by atoms with E-state index in [4.69, 9.17) is 11.6 Å². The minimum atomic E-state index is -4.61. The third-order valence-electron chi connectivity index (χ3n) is 3.70. The molecule has 0 saturated carbocycles. The smallest absolute Gasteiger partial charge is 0.376 e. The van der Waals surface area contributed by atoms with Crippen LogP contribution in [-0.2, 0) is 4.79 Å². The molecule has 2 aromatic rings. The van der Waals surface area contributed by atoms with Crippen LogP contribution in [0.4, 0.5) is 33.3 Å². The van der Waals surface area contributed by atoms with Crippen LogP contribution in [0.25, 0.3) is 0 Å². The van der Waals surface area contributed by atoms with Gasteiger partial charge in [-0.25, -0.2) is 8.78 Å². The van der Waals surface area contributed by atoms with Crippen molar-refractivity contribution in [3.8, 4) is 0 Å². The van der Waals surface area contributed by atoms with Crippen LogP contribution < -0.4 is 16.0 Å². The van der Waals surface area contributed by atoms with Gasteiger partial charge in [-0.1, -0.05) is 11.6 Å². The summed E-state index contributed by atoms with van der Waals surface area (Å²) in [6.07, 6.45) is -4.61. The number of alkyl halides is 3. The van der Waals surface area contributed by atoms with Gasteiger partial charge in [0.1, 0.15) is 18.2 Å². The van der Waals surface area contributed by atoms with Crippen LogP contribution in [0.5, 0.6) is 0 Å². The number of hydrogen-bond donors (Lipinski definition) is 3. The van der Waals surface area contributed by atoms with Gasteiger partial charge in [0.2, 0.25) is 5.91 Å². The predicted octanol–water partition coefficient (Wildman–Crippen LogP) is 4.27. The summed E-state index contributed by atoms with van der Waals surface area (Å²) in [7, 11) is 0. The van der Waals surface area contributed by atoms with Gasteiger partial charge < -0.3 is 16.0 Å². The summed E-state index contributed by atoms with van der Waals surface area (Å²) < 4.78 is 63.8. The Labute approximate surface area is 167 Å². The number of halogens is 6. The van der Waals surface area contributed by atoms with Crippen molar-refractivity contribution >= 4 is 34.8 Å². The molecule has 156 valence electrons. The molecule has 2 amide bonds. The summed E-state index contributed by atoms with van der Waals surface area (Å²) in [6, 6.07) is 5.48. The van der Waals surface area contributed by atoms with Gasteiger partial charge in [0.25, 0.3) is 5.91 Å². The molecule has 0 fully saturated rings. The fraction of sp³-hybridized carbons (Fsp3) is 0.222. The van der Waals surface area contributed by atoms with E-state index in [1.807, 2.05) is 0 Å². The lowest BCUT2D eigenvalue weighted by molar-refractivity contribution is -0.123. The maximum absolute atomic E-state index is 14.0. The molecule has 29 heavy (non-hydrogen) atoms. The standard InChI is InChI=1S/C18H15ClF5N3O2/c1-9-14(21)4-10(17(29)26-8-18(22,23)24)5-15(9)25-7-16(28)27-11-2-3-13(20)12(19)6-11/h2-6,25H,7-8H2,1H3,(H,26,29)(H,27,28). The molecule has 0 saturated heterocycles. The molecule has 2 rings (SSSR count). The van der Waals surface area contributed by atoms with Crippen LogP contribution in [-0.4, -0.2) is 31.1 Å².